The van der Waals surface area contributed by atoms with Gasteiger partial charge in [-0.3, -0.25) is 9.59 Å². The first-order valence-corrected chi connectivity index (χ1v) is 40.5. The summed E-state index contributed by atoms with van der Waals surface area (Å²) in [6, 6.07) is 0. The second kappa shape index (κ2) is 81.0. The van der Waals surface area contributed by atoms with E-state index >= 15 is 0 Å². The Balaban J connectivity index is 4.17. The number of allylic oxidation sites excluding steroid dienone is 38. The van der Waals surface area contributed by atoms with Crippen LogP contribution in [0, 0.1) is 0 Å². The van der Waals surface area contributed by atoms with Gasteiger partial charge in [-0.15, -0.1) is 0 Å². The molecule has 0 radical (unpaired) electrons. The van der Waals surface area contributed by atoms with Crippen molar-refractivity contribution in [1.82, 2.24) is 0 Å². The normalized spacial score (nSPS) is 13.9. The molecule has 0 amide bonds. The highest BCUT2D eigenvalue weighted by atomic mass is 16.7. The molecule has 0 aliphatic rings. The van der Waals surface area contributed by atoms with Crippen LogP contribution in [-0.4, -0.2) is 87.4 Å². The number of likely N-dealkylation sites (N-methyl/N-ethyl adjacent to an activating group) is 1. The summed E-state index contributed by atoms with van der Waals surface area (Å²) < 4.78 is 23.0. The number of carbonyl (C=O) groups excluding carboxylic acids is 2. The Morgan fingerprint density at radius 3 is 0.786 bits per heavy atom. The van der Waals surface area contributed by atoms with Gasteiger partial charge in [0.15, 0.2) is 6.10 Å². The zero-order chi connectivity index (χ0) is 74.6. The van der Waals surface area contributed by atoms with E-state index in [-0.39, 0.29) is 38.6 Å². The minimum atomic E-state index is -1.54. The largest absolute Gasteiger partial charge is 0.477 e. The SMILES string of the molecule is CC/C=C\C/C=C\C/C=C\C/C=C\C/C=C\C/C=C\C/C=C\C/C=C\C/C=C\C/C=C\C/C=C\CCCCCC(=O)OC(COC(=O)CCCCCCCCCCCCCCCCCC/C=C\C/C=C\C/C=C\C/C=C\C/C=C\C/C=C\C/C=C\C/C=C\CC)COC(OCC[N+](C)(C)C)C(=O)O. The average molecular weight is 1420 g/mol. The van der Waals surface area contributed by atoms with Gasteiger partial charge in [0.05, 0.1) is 34.4 Å². The Kier molecular flexibility index (Phi) is 75.8. The van der Waals surface area contributed by atoms with Gasteiger partial charge in [0, 0.05) is 12.8 Å². The van der Waals surface area contributed by atoms with Crippen LogP contribution in [0.5, 0.6) is 0 Å². The van der Waals surface area contributed by atoms with Crippen molar-refractivity contribution >= 4 is 17.9 Å². The van der Waals surface area contributed by atoms with Crippen LogP contribution in [0.1, 0.15) is 284 Å². The second-order valence-electron chi connectivity index (χ2n) is 27.3. The predicted molar refractivity (Wildman–Crippen MR) is 446 cm³/mol. The highest BCUT2D eigenvalue weighted by molar-refractivity contribution is 5.71. The van der Waals surface area contributed by atoms with Crippen molar-refractivity contribution in [3.05, 3.63) is 231 Å². The molecule has 0 bridgehead atoms. The molecule has 0 saturated carbocycles. The first-order chi connectivity index (χ1) is 50.6. The molecule has 0 aromatic heterocycles. The lowest BCUT2D eigenvalue weighted by Crippen LogP contribution is -2.40. The van der Waals surface area contributed by atoms with Crippen molar-refractivity contribution < 1.29 is 42.9 Å². The van der Waals surface area contributed by atoms with E-state index in [0.29, 0.717) is 17.4 Å². The van der Waals surface area contributed by atoms with Crippen LogP contribution in [0.2, 0.25) is 0 Å². The van der Waals surface area contributed by atoms with Crippen LogP contribution in [0.15, 0.2) is 231 Å². The van der Waals surface area contributed by atoms with Gasteiger partial charge in [0.2, 0.25) is 0 Å². The summed E-state index contributed by atoms with van der Waals surface area (Å²) in [6.45, 7) is 4.59. The van der Waals surface area contributed by atoms with Gasteiger partial charge in [0.1, 0.15) is 13.2 Å². The van der Waals surface area contributed by atoms with Gasteiger partial charge >= 0.3 is 17.9 Å². The van der Waals surface area contributed by atoms with Crippen LogP contribution < -0.4 is 0 Å². The summed E-state index contributed by atoms with van der Waals surface area (Å²) in [5, 5.41) is 9.78. The van der Waals surface area contributed by atoms with Crippen LogP contribution in [0.4, 0.5) is 0 Å². The zero-order valence-electron chi connectivity index (χ0n) is 65.9. The van der Waals surface area contributed by atoms with E-state index in [9.17, 15) is 19.5 Å². The topological polar surface area (TPSA) is 108 Å². The third kappa shape index (κ3) is 82.5. The number of aliphatic carboxylic acids is 1. The maximum Gasteiger partial charge on any atom is 0.361 e. The van der Waals surface area contributed by atoms with Crippen molar-refractivity contribution in [3.63, 3.8) is 0 Å². The van der Waals surface area contributed by atoms with Crippen molar-refractivity contribution in [3.8, 4) is 0 Å². The first kappa shape index (κ1) is 96.4. The van der Waals surface area contributed by atoms with Gasteiger partial charge in [-0.2, -0.15) is 0 Å². The Morgan fingerprint density at radius 1 is 0.291 bits per heavy atom. The van der Waals surface area contributed by atoms with E-state index in [1.165, 1.54) is 89.9 Å². The lowest BCUT2D eigenvalue weighted by molar-refractivity contribution is -0.870. The van der Waals surface area contributed by atoms with E-state index in [0.717, 1.165) is 161 Å². The van der Waals surface area contributed by atoms with Crippen molar-refractivity contribution in [2.45, 2.75) is 296 Å². The third-order valence-corrected chi connectivity index (χ3v) is 16.4. The fraction of sp³-hybridized carbons (Fsp3) is 0.564. The number of ether oxygens (including phenoxy) is 4. The number of esters is 2. The van der Waals surface area contributed by atoms with E-state index in [1.807, 2.05) is 21.1 Å². The number of rotatable bonds is 72. The Labute approximate surface area is 631 Å². The molecule has 9 heteroatoms. The van der Waals surface area contributed by atoms with Gasteiger partial charge in [0.25, 0.3) is 6.29 Å². The maximum atomic E-state index is 13.0. The smallest absolute Gasteiger partial charge is 0.361 e. The van der Waals surface area contributed by atoms with Gasteiger partial charge < -0.3 is 28.5 Å². The number of nitrogens with zero attached hydrogens (tertiary/aromatic N) is 1. The molecule has 0 rings (SSSR count). The Bertz CT molecular complexity index is 2560. The van der Waals surface area contributed by atoms with Crippen molar-refractivity contribution in [2.24, 2.45) is 0 Å². The molecule has 9 nitrogen and oxygen atoms in total. The van der Waals surface area contributed by atoms with Crippen LogP contribution in [0.25, 0.3) is 0 Å². The summed E-state index contributed by atoms with van der Waals surface area (Å²) in [6.07, 6.45) is 126. The molecule has 0 saturated heterocycles. The molecule has 103 heavy (non-hydrogen) atoms. The molecule has 0 fully saturated rings. The summed E-state index contributed by atoms with van der Waals surface area (Å²) in [5.74, 6) is -2.07. The minimum absolute atomic E-state index is 0.170. The molecule has 2 unspecified atom stereocenters. The molecule has 0 aliphatic heterocycles. The van der Waals surface area contributed by atoms with Gasteiger partial charge in [-0.25, -0.2) is 4.79 Å². The lowest BCUT2D eigenvalue weighted by atomic mass is 10.0. The quantitative estimate of drug-likeness (QED) is 0.0211. The number of hydrogen-bond acceptors (Lipinski definition) is 7. The number of carboxylic acids is 1. The number of quaternary nitrogens is 1. The van der Waals surface area contributed by atoms with E-state index in [4.69, 9.17) is 18.9 Å². The van der Waals surface area contributed by atoms with Gasteiger partial charge in [-0.05, 0) is 161 Å². The van der Waals surface area contributed by atoms with Gasteiger partial charge in [-0.1, -0.05) is 341 Å². The fourth-order valence-electron chi connectivity index (χ4n) is 10.3. The molecule has 1 N–H and O–H groups in total. The average Bonchev–Trinajstić information content (AvgIpc) is 1.16. The molecule has 0 aromatic rings. The van der Waals surface area contributed by atoms with E-state index in [2.05, 4.69) is 245 Å². The van der Waals surface area contributed by atoms with E-state index in [1.54, 1.807) is 0 Å². The van der Waals surface area contributed by atoms with Crippen LogP contribution in [-0.2, 0) is 33.3 Å². The second-order valence-corrected chi connectivity index (χ2v) is 27.3. The molecule has 2 atom stereocenters. The predicted octanol–water partition coefficient (Wildman–Crippen LogP) is 26.6. The summed E-state index contributed by atoms with van der Waals surface area (Å²) in [4.78, 5) is 37.7. The van der Waals surface area contributed by atoms with Crippen molar-refractivity contribution in [1.29, 1.82) is 0 Å². The molecule has 0 spiro atoms. The number of carboxylic acid groups (broad SMARTS) is 1. The van der Waals surface area contributed by atoms with Crippen molar-refractivity contribution in [2.75, 3.05) is 47.5 Å². The minimum Gasteiger partial charge on any atom is -0.477 e. The highest BCUT2D eigenvalue weighted by Gasteiger charge is 2.25. The number of carbonyl (C=O) groups is 3. The standard InChI is InChI=1S/C94H147NO8/c1-6-8-10-12-14-16-18-20-22-24-26-28-30-32-34-36-38-40-42-44-45-46-47-49-50-52-54-56-58-60-62-64-66-68-70-72-74-76-78-80-82-84-91(96)101-88-90(89-102-94(93(98)99)100-87-86-95(3,4)5)103-92(97)85-83-81-79-77-75-73-71-69-67-65-63-61-59-57-55-53-51-48-43-41-39-37-35-33-31-29-27-25-23-21-19-17-15-13-11-9-7-2/h8-11,14-17,20-23,26-29,32-35,38-41,44-45,47-49,51,55,57,61,63,67,69,73,75,90,94H,6-7,12-13,18-19,24-25,30-31,36-37,42-43,46,50,52-54,56,58-60,62,64-66,68,70-72,74,76-89H2,1-5H3/p+1/b10-8-,11-9-,16-14-,17-15-,22-20-,23-21-,28-26-,29-27-,34-32-,35-33-,40-38-,41-39-,45-44-,49-47-,51-48-,57-55-,63-61-,69-67-,75-73-. The maximum absolute atomic E-state index is 13.0. The third-order valence-electron chi connectivity index (χ3n) is 16.4. The summed E-state index contributed by atoms with van der Waals surface area (Å²) in [7, 11) is 5.96. The molecule has 0 aliphatic carbocycles. The highest BCUT2D eigenvalue weighted by Crippen LogP contribution is 2.16. The Hall–Kier alpha value is -6.65. The monoisotopic (exact) mass is 1420 g/mol. The summed E-state index contributed by atoms with van der Waals surface area (Å²) >= 11 is 0. The lowest BCUT2D eigenvalue weighted by Gasteiger charge is -2.25. The first-order valence-electron chi connectivity index (χ1n) is 40.5. The zero-order valence-corrected chi connectivity index (χ0v) is 65.9. The fourth-order valence-corrected chi connectivity index (χ4v) is 10.3. The van der Waals surface area contributed by atoms with Crippen LogP contribution >= 0.6 is 0 Å². The molecular formula is C94H148NO8+. The molecular weight excluding hydrogens is 1270 g/mol. The van der Waals surface area contributed by atoms with E-state index < -0.39 is 24.3 Å². The number of hydrogen-bond donors (Lipinski definition) is 1. The molecule has 576 valence electrons. The molecule has 0 aromatic carbocycles. The Morgan fingerprint density at radius 2 is 0.524 bits per heavy atom. The summed E-state index contributed by atoms with van der Waals surface area (Å²) in [5.41, 5.74) is 0. The number of unbranched alkanes of at least 4 members (excludes halogenated alkanes) is 19. The van der Waals surface area contributed by atoms with Crippen LogP contribution in [0.3, 0.4) is 0 Å². The molecule has 0 heterocycles.